The number of carbonyl (C=O) groups is 3. The second kappa shape index (κ2) is 6.86. The van der Waals surface area contributed by atoms with E-state index < -0.39 is 34.1 Å². The third kappa shape index (κ3) is 2.40. The van der Waals surface area contributed by atoms with Crippen molar-refractivity contribution < 1.29 is 19.3 Å². The average molecular weight is 481 g/mol. The Hall–Kier alpha value is -3.30. The van der Waals surface area contributed by atoms with Crippen molar-refractivity contribution in [2.75, 3.05) is 16.8 Å². The fourth-order valence-corrected chi connectivity index (χ4v) is 6.95. The highest BCUT2D eigenvalue weighted by Gasteiger charge is 2.74. The van der Waals surface area contributed by atoms with Crippen LogP contribution in [0.5, 0.6) is 0 Å². The number of nitrogens with zero attached hydrogens (tertiary/aromatic N) is 3. The third-order valence-corrected chi connectivity index (χ3v) is 8.13. The number of aryl methyl sites for hydroxylation is 2. The van der Waals surface area contributed by atoms with Crippen molar-refractivity contribution in [3.63, 3.8) is 0 Å². The van der Waals surface area contributed by atoms with Gasteiger partial charge in [0.25, 0.3) is 5.69 Å². The van der Waals surface area contributed by atoms with E-state index in [2.05, 4.69) is 10.2 Å². The van der Waals surface area contributed by atoms with E-state index in [4.69, 9.17) is 11.6 Å². The van der Waals surface area contributed by atoms with Gasteiger partial charge in [0.2, 0.25) is 17.7 Å². The summed E-state index contributed by atoms with van der Waals surface area (Å²) in [4.78, 5) is 55.1. The van der Waals surface area contributed by atoms with Crippen LogP contribution in [0.1, 0.15) is 29.5 Å². The molecule has 0 aliphatic carbocycles. The molecule has 0 aromatic heterocycles. The van der Waals surface area contributed by atoms with Crippen molar-refractivity contribution in [3.05, 3.63) is 62.2 Å². The molecule has 4 atom stereocenters. The van der Waals surface area contributed by atoms with Crippen molar-refractivity contribution in [3.8, 4) is 0 Å². The van der Waals surface area contributed by atoms with Crippen LogP contribution in [-0.2, 0) is 19.9 Å². The second-order valence-corrected chi connectivity index (χ2v) is 9.94. The molecule has 1 spiro atoms. The lowest BCUT2D eigenvalue weighted by Gasteiger charge is -2.37. The summed E-state index contributed by atoms with van der Waals surface area (Å²) in [6.45, 7) is 4.49. The van der Waals surface area contributed by atoms with Crippen LogP contribution in [0, 0.1) is 35.8 Å². The summed E-state index contributed by atoms with van der Waals surface area (Å²) in [6.07, 6.45) is 1.53. The molecule has 0 saturated carbocycles. The van der Waals surface area contributed by atoms with Gasteiger partial charge >= 0.3 is 0 Å². The highest BCUT2D eigenvalue weighted by molar-refractivity contribution is 6.36. The van der Waals surface area contributed by atoms with Gasteiger partial charge in [-0.25, -0.2) is 4.90 Å². The van der Waals surface area contributed by atoms with Gasteiger partial charge in [-0.15, -0.1) is 0 Å². The Balaban J connectivity index is 1.54. The number of benzene rings is 2. The van der Waals surface area contributed by atoms with Crippen LogP contribution in [-0.4, -0.2) is 40.1 Å². The number of fused-ring (bicyclic) bond motifs is 7. The molecule has 0 unspecified atom stereocenters. The predicted molar refractivity (Wildman–Crippen MR) is 124 cm³/mol. The predicted octanol–water partition coefficient (Wildman–Crippen LogP) is 3.30. The number of anilines is 2. The molecule has 1 N–H and O–H groups in total. The number of hydrogen-bond acceptors (Lipinski definition) is 6. The molecule has 10 heteroatoms. The van der Waals surface area contributed by atoms with E-state index in [1.165, 1.54) is 12.1 Å². The fraction of sp³-hybridized carbons (Fsp3) is 0.375. The van der Waals surface area contributed by atoms with Crippen LogP contribution in [0.4, 0.5) is 17.1 Å². The Morgan fingerprint density at radius 2 is 1.91 bits per heavy atom. The van der Waals surface area contributed by atoms with Gasteiger partial charge in [0.05, 0.1) is 27.5 Å². The SMILES string of the molecule is Cc1cc(C)c2c(c1)[C@]1(C(=O)N2)[C@@H]2C(=O)N(c3ccc([N+](=O)[O-])cc3Cl)C(=O)[C@@H]2[C@@H]2CCCN21. The van der Waals surface area contributed by atoms with Crippen molar-refractivity contribution in [1.29, 1.82) is 0 Å². The van der Waals surface area contributed by atoms with Gasteiger partial charge in [-0.3, -0.25) is 29.4 Å². The Labute approximate surface area is 199 Å². The number of nitro groups is 1. The monoisotopic (exact) mass is 480 g/mol. The molecule has 3 fully saturated rings. The molecule has 3 amide bonds. The summed E-state index contributed by atoms with van der Waals surface area (Å²) in [5.74, 6) is -2.79. The van der Waals surface area contributed by atoms with Crippen LogP contribution in [0.25, 0.3) is 0 Å². The van der Waals surface area contributed by atoms with Gasteiger partial charge in [0.15, 0.2) is 0 Å². The maximum Gasteiger partial charge on any atom is 0.271 e. The first kappa shape index (κ1) is 21.2. The first-order valence-electron chi connectivity index (χ1n) is 11.2. The summed E-state index contributed by atoms with van der Waals surface area (Å²) in [5, 5.41) is 14.1. The topological polar surface area (TPSA) is 113 Å². The van der Waals surface area contributed by atoms with E-state index in [0.29, 0.717) is 18.7 Å². The zero-order chi connectivity index (χ0) is 24.1. The van der Waals surface area contributed by atoms with Crippen molar-refractivity contribution in [2.24, 2.45) is 11.8 Å². The van der Waals surface area contributed by atoms with E-state index in [1.807, 2.05) is 26.0 Å². The Morgan fingerprint density at radius 1 is 1.15 bits per heavy atom. The number of halogens is 1. The number of non-ortho nitro benzene ring substituents is 1. The number of nitrogens with one attached hydrogen (secondary N) is 1. The van der Waals surface area contributed by atoms with Crippen molar-refractivity contribution in [2.45, 2.75) is 38.3 Å². The summed E-state index contributed by atoms with van der Waals surface area (Å²) < 4.78 is 0. The zero-order valence-electron chi connectivity index (χ0n) is 18.5. The van der Waals surface area contributed by atoms with Crippen LogP contribution in [0.2, 0.25) is 5.02 Å². The number of carbonyl (C=O) groups excluding carboxylic acids is 3. The quantitative estimate of drug-likeness (QED) is 0.401. The van der Waals surface area contributed by atoms with E-state index in [0.717, 1.165) is 34.1 Å². The van der Waals surface area contributed by atoms with Gasteiger partial charge in [-0.2, -0.15) is 0 Å². The molecule has 0 bridgehead atoms. The Kier molecular flexibility index (Phi) is 4.29. The number of imide groups is 1. The van der Waals surface area contributed by atoms with Gasteiger partial charge < -0.3 is 5.32 Å². The Bertz CT molecular complexity index is 1340. The first-order valence-corrected chi connectivity index (χ1v) is 11.6. The van der Waals surface area contributed by atoms with Gasteiger partial charge in [0, 0.05) is 29.4 Å². The molecule has 3 saturated heterocycles. The van der Waals surface area contributed by atoms with E-state index in [-0.39, 0.29) is 28.3 Å². The molecule has 4 aliphatic heterocycles. The average Bonchev–Trinajstić information content (AvgIpc) is 3.48. The molecule has 0 radical (unpaired) electrons. The maximum absolute atomic E-state index is 14.0. The molecule has 6 rings (SSSR count). The van der Waals surface area contributed by atoms with Gasteiger partial charge in [-0.05, 0) is 44.9 Å². The lowest BCUT2D eigenvalue weighted by molar-refractivity contribution is -0.384. The minimum Gasteiger partial charge on any atom is -0.324 e. The summed E-state index contributed by atoms with van der Waals surface area (Å²) in [5.41, 5.74) is 1.93. The number of nitro benzene ring substituents is 1. The number of rotatable bonds is 2. The fourth-order valence-electron chi connectivity index (χ4n) is 6.69. The summed E-state index contributed by atoms with van der Waals surface area (Å²) in [7, 11) is 0. The normalized spacial score (nSPS) is 29.6. The van der Waals surface area contributed by atoms with Gasteiger partial charge in [-0.1, -0.05) is 29.3 Å². The van der Waals surface area contributed by atoms with E-state index in [9.17, 15) is 24.5 Å². The van der Waals surface area contributed by atoms with Crippen LogP contribution >= 0.6 is 11.6 Å². The van der Waals surface area contributed by atoms with Crippen molar-refractivity contribution in [1.82, 2.24) is 4.90 Å². The van der Waals surface area contributed by atoms with Crippen LogP contribution in [0.3, 0.4) is 0 Å². The molecular formula is C24H21ClN4O5. The summed E-state index contributed by atoms with van der Waals surface area (Å²) in [6, 6.07) is 7.35. The first-order chi connectivity index (χ1) is 16.2. The molecule has 4 heterocycles. The smallest absolute Gasteiger partial charge is 0.271 e. The molecule has 9 nitrogen and oxygen atoms in total. The Morgan fingerprint density at radius 3 is 2.62 bits per heavy atom. The molecule has 2 aromatic rings. The number of amides is 3. The molecule has 34 heavy (non-hydrogen) atoms. The minimum atomic E-state index is -1.27. The number of hydrogen-bond donors (Lipinski definition) is 1. The lowest BCUT2D eigenvalue weighted by Crippen LogP contribution is -2.54. The maximum atomic E-state index is 14.0. The highest BCUT2D eigenvalue weighted by Crippen LogP contribution is 2.61. The summed E-state index contributed by atoms with van der Waals surface area (Å²) >= 11 is 6.31. The molecule has 2 aromatic carbocycles. The molecule has 174 valence electrons. The van der Waals surface area contributed by atoms with Crippen molar-refractivity contribution >= 4 is 46.4 Å². The highest BCUT2D eigenvalue weighted by atomic mass is 35.5. The van der Waals surface area contributed by atoms with Gasteiger partial charge in [0.1, 0.15) is 5.54 Å². The van der Waals surface area contributed by atoms with Crippen LogP contribution < -0.4 is 10.2 Å². The van der Waals surface area contributed by atoms with E-state index >= 15 is 0 Å². The third-order valence-electron chi connectivity index (χ3n) is 7.83. The van der Waals surface area contributed by atoms with E-state index in [1.54, 1.807) is 0 Å². The second-order valence-electron chi connectivity index (χ2n) is 9.54. The minimum absolute atomic E-state index is 0.0591. The van der Waals surface area contributed by atoms with Crippen LogP contribution in [0.15, 0.2) is 30.3 Å². The largest absolute Gasteiger partial charge is 0.324 e. The lowest BCUT2D eigenvalue weighted by atomic mass is 9.75. The molecular weight excluding hydrogens is 460 g/mol. The zero-order valence-corrected chi connectivity index (χ0v) is 19.3. The molecule has 4 aliphatic rings. The standard InChI is InChI=1S/C24H21ClN4O5/c1-11-8-12(2)20-14(9-11)24(23(32)26-20)19-18(17-4-3-7-27(17)24)21(30)28(22(19)31)16-6-5-13(29(33)34)10-15(16)25/h5-6,8-10,17-19H,3-4,7H2,1-2H3,(H,26,32)/t17-,18+,19-,24+/m0/s1.